The lowest BCUT2D eigenvalue weighted by molar-refractivity contribution is -0.136. The summed E-state index contributed by atoms with van der Waals surface area (Å²) in [6.45, 7) is 7.10. The molecule has 1 N–H and O–H groups in total. The predicted octanol–water partition coefficient (Wildman–Crippen LogP) is 9.50. The van der Waals surface area contributed by atoms with Gasteiger partial charge in [-0.25, -0.2) is 0 Å². The highest BCUT2D eigenvalue weighted by Crippen LogP contribution is 2.51. The van der Waals surface area contributed by atoms with Gasteiger partial charge in [0, 0.05) is 11.8 Å². The molecule has 0 amide bonds. The standard InChI is InChI=1S/C37H33NO2S/c1-23-14-16-27(17-15-23)35-25(3)36-33-20-28(31-13-9-8-12-30(31)26-10-6-5-7-11-26)18-19-29(33)22-38(41-4)37(36)24(2)32(35)21-34(39)40/h5-20H,21-22H2,1-4H3,(H,39,40). The summed E-state index contributed by atoms with van der Waals surface area (Å²) in [5.74, 6) is -0.812. The molecule has 0 fully saturated rings. The van der Waals surface area contributed by atoms with E-state index in [4.69, 9.17) is 0 Å². The summed E-state index contributed by atoms with van der Waals surface area (Å²) < 4.78 is 2.32. The van der Waals surface area contributed by atoms with Crippen LogP contribution in [-0.2, 0) is 17.8 Å². The first kappa shape index (κ1) is 26.9. The zero-order valence-corrected chi connectivity index (χ0v) is 24.7. The molecule has 4 heteroatoms. The van der Waals surface area contributed by atoms with Crippen LogP contribution in [0.1, 0.15) is 27.8 Å². The Bertz CT molecular complexity index is 1770. The van der Waals surface area contributed by atoms with Crippen molar-refractivity contribution in [3.63, 3.8) is 0 Å². The van der Waals surface area contributed by atoms with Gasteiger partial charge < -0.3 is 9.41 Å². The number of fused-ring (bicyclic) bond motifs is 3. The molecule has 1 heterocycles. The molecule has 0 spiro atoms. The third-order valence-electron chi connectivity index (χ3n) is 8.25. The predicted molar refractivity (Wildman–Crippen MR) is 173 cm³/mol. The molecule has 3 nitrogen and oxygen atoms in total. The molecule has 0 aromatic heterocycles. The second-order valence-electron chi connectivity index (χ2n) is 10.8. The molecule has 5 aromatic rings. The van der Waals surface area contributed by atoms with Crippen molar-refractivity contribution in [1.82, 2.24) is 0 Å². The molecule has 0 unspecified atom stereocenters. The number of hydrogen-bond acceptors (Lipinski definition) is 3. The van der Waals surface area contributed by atoms with Crippen molar-refractivity contribution >= 4 is 23.6 Å². The maximum absolute atomic E-state index is 12.1. The number of carboxylic acids is 1. The molecule has 0 atom stereocenters. The third kappa shape index (κ3) is 4.83. The summed E-state index contributed by atoms with van der Waals surface area (Å²) in [6, 6.07) is 34.4. The first-order chi connectivity index (χ1) is 19.9. The highest BCUT2D eigenvalue weighted by Gasteiger charge is 2.30. The molecular formula is C37H33NO2S. The van der Waals surface area contributed by atoms with Crippen molar-refractivity contribution in [2.75, 3.05) is 10.6 Å². The second-order valence-corrected chi connectivity index (χ2v) is 11.6. The number of benzene rings is 5. The van der Waals surface area contributed by atoms with E-state index in [1.165, 1.54) is 44.5 Å². The Kier molecular flexibility index (Phi) is 7.19. The van der Waals surface area contributed by atoms with E-state index in [9.17, 15) is 9.90 Å². The van der Waals surface area contributed by atoms with E-state index in [-0.39, 0.29) is 6.42 Å². The topological polar surface area (TPSA) is 40.5 Å². The summed E-state index contributed by atoms with van der Waals surface area (Å²) in [7, 11) is 0. The molecule has 6 rings (SSSR count). The lowest BCUT2D eigenvalue weighted by Gasteiger charge is -2.36. The van der Waals surface area contributed by atoms with Crippen molar-refractivity contribution in [3.05, 3.63) is 125 Å². The second kappa shape index (κ2) is 10.9. The fourth-order valence-electron chi connectivity index (χ4n) is 6.28. The number of rotatable bonds is 6. The van der Waals surface area contributed by atoms with Gasteiger partial charge in [0.05, 0.1) is 18.7 Å². The SMILES string of the molecule is CSN1Cc2ccc(-c3ccccc3-c3ccccc3)cc2-c2c(C)c(-c3ccc(C)cc3)c(CC(=O)O)c(C)c21. The van der Waals surface area contributed by atoms with Gasteiger partial charge in [0.25, 0.3) is 0 Å². The highest BCUT2D eigenvalue weighted by atomic mass is 32.2. The summed E-state index contributed by atoms with van der Waals surface area (Å²) >= 11 is 1.69. The number of aryl methyl sites for hydroxylation is 1. The van der Waals surface area contributed by atoms with E-state index in [0.29, 0.717) is 0 Å². The average Bonchev–Trinajstić information content (AvgIpc) is 2.99. The Morgan fingerprint density at radius 3 is 2.02 bits per heavy atom. The molecule has 41 heavy (non-hydrogen) atoms. The zero-order valence-electron chi connectivity index (χ0n) is 23.9. The van der Waals surface area contributed by atoms with E-state index in [1.54, 1.807) is 11.9 Å². The van der Waals surface area contributed by atoms with Crippen molar-refractivity contribution in [3.8, 4) is 44.5 Å². The van der Waals surface area contributed by atoms with Gasteiger partial charge in [-0.2, -0.15) is 0 Å². The Labute approximate surface area is 246 Å². The van der Waals surface area contributed by atoms with Crippen molar-refractivity contribution in [2.45, 2.75) is 33.7 Å². The van der Waals surface area contributed by atoms with Gasteiger partial charge in [0.15, 0.2) is 0 Å². The molecule has 204 valence electrons. The van der Waals surface area contributed by atoms with Gasteiger partial charge in [0.1, 0.15) is 0 Å². The fourth-order valence-corrected chi connectivity index (χ4v) is 6.96. The van der Waals surface area contributed by atoms with Crippen molar-refractivity contribution in [1.29, 1.82) is 0 Å². The van der Waals surface area contributed by atoms with Crippen LogP contribution in [0.4, 0.5) is 5.69 Å². The van der Waals surface area contributed by atoms with Gasteiger partial charge in [0.2, 0.25) is 0 Å². The average molecular weight is 556 g/mol. The molecular weight excluding hydrogens is 522 g/mol. The van der Waals surface area contributed by atoms with E-state index in [2.05, 4.69) is 128 Å². The van der Waals surface area contributed by atoms with E-state index < -0.39 is 5.97 Å². The Morgan fingerprint density at radius 1 is 0.732 bits per heavy atom. The smallest absolute Gasteiger partial charge is 0.307 e. The minimum atomic E-state index is -0.812. The van der Waals surface area contributed by atoms with Crippen LogP contribution in [0.2, 0.25) is 0 Å². The number of aliphatic carboxylic acids is 1. The molecule has 0 radical (unpaired) electrons. The lowest BCUT2D eigenvalue weighted by atomic mass is 9.80. The molecule has 0 saturated heterocycles. The largest absolute Gasteiger partial charge is 0.481 e. The quantitative estimate of drug-likeness (QED) is 0.212. The van der Waals surface area contributed by atoms with Crippen LogP contribution in [0.25, 0.3) is 44.5 Å². The van der Waals surface area contributed by atoms with Gasteiger partial charge in [-0.1, -0.05) is 109 Å². The van der Waals surface area contributed by atoms with Crippen LogP contribution in [0.15, 0.2) is 97.1 Å². The summed E-state index contributed by atoms with van der Waals surface area (Å²) in [5.41, 5.74) is 15.9. The number of hydrogen-bond donors (Lipinski definition) is 1. The van der Waals surface area contributed by atoms with Crippen LogP contribution < -0.4 is 4.31 Å². The number of anilines is 1. The Hall–Kier alpha value is -4.28. The van der Waals surface area contributed by atoms with Crippen molar-refractivity contribution in [2.24, 2.45) is 0 Å². The van der Waals surface area contributed by atoms with Crippen LogP contribution in [0.5, 0.6) is 0 Å². The van der Waals surface area contributed by atoms with E-state index >= 15 is 0 Å². The van der Waals surface area contributed by atoms with Gasteiger partial charge in [-0.05, 0) is 88.0 Å². The fraction of sp³-hybridized carbons (Fsp3) is 0.162. The minimum absolute atomic E-state index is 0.0112. The first-order valence-electron chi connectivity index (χ1n) is 13.9. The summed E-state index contributed by atoms with van der Waals surface area (Å²) in [4.78, 5) is 12.1. The Balaban J connectivity index is 1.63. The van der Waals surface area contributed by atoms with Crippen LogP contribution in [0, 0.1) is 20.8 Å². The molecule has 5 aromatic carbocycles. The molecule has 1 aliphatic rings. The van der Waals surface area contributed by atoms with E-state index in [0.717, 1.165) is 40.0 Å². The zero-order chi connectivity index (χ0) is 28.7. The number of carbonyl (C=O) groups is 1. The third-order valence-corrected chi connectivity index (χ3v) is 9.00. The highest BCUT2D eigenvalue weighted by molar-refractivity contribution is 7.99. The maximum Gasteiger partial charge on any atom is 0.307 e. The Morgan fingerprint density at radius 2 is 1.37 bits per heavy atom. The minimum Gasteiger partial charge on any atom is -0.481 e. The van der Waals surface area contributed by atoms with Gasteiger partial charge >= 0.3 is 5.97 Å². The number of nitrogens with zero attached hydrogens (tertiary/aromatic N) is 1. The van der Waals surface area contributed by atoms with Crippen LogP contribution in [-0.4, -0.2) is 17.3 Å². The number of carboxylic acid groups (broad SMARTS) is 1. The van der Waals surface area contributed by atoms with Gasteiger partial charge in [-0.3, -0.25) is 4.79 Å². The van der Waals surface area contributed by atoms with Gasteiger partial charge in [-0.15, -0.1) is 0 Å². The summed E-state index contributed by atoms with van der Waals surface area (Å²) in [5, 5.41) is 9.95. The monoisotopic (exact) mass is 555 g/mol. The van der Waals surface area contributed by atoms with E-state index in [1.807, 2.05) is 0 Å². The van der Waals surface area contributed by atoms with Crippen LogP contribution in [0.3, 0.4) is 0 Å². The molecule has 0 bridgehead atoms. The molecule has 1 aliphatic heterocycles. The normalized spacial score (nSPS) is 12.1. The molecule has 0 aliphatic carbocycles. The molecule has 0 saturated carbocycles. The lowest BCUT2D eigenvalue weighted by Crippen LogP contribution is -2.22. The maximum atomic E-state index is 12.1. The first-order valence-corrected chi connectivity index (χ1v) is 15.1. The van der Waals surface area contributed by atoms with Crippen molar-refractivity contribution < 1.29 is 9.90 Å². The summed E-state index contributed by atoms with van der Waals surface area (Å²) in [6.07, 6.45) is 2.08. The van der Waals surface area contributed by atoms with Crippen LogP contribution >= 0.6 is 11.9 Å².